The number of aliphatic hydroxyl groups is 1. The number of nitrogens with zero attached hydrogens (tertiary/aromatic N) is 1. The number of carbonyl (C=O) groups excluding carboxylic acids is 1. The minimum Gasteiger partial charge on any atom is -0.493 e. The van der Waals surface area contributed by atoms with E-state index < -0.39 is 28.1 Å². The van der Waals surface area contributed by atoms with Gasteiger partial charge in [0.15, 0.2) is 5.69 Å². The first-order chi connectivity index (χ1) is 18.7. The van der Waals surface area contributed by atoms with Gasteiger partial charge in [0.1, 0.15) is 12.0 Å². The van der Waals surface area contributed by atoms with E-state index in [-0.39, 0.29) is 18.3 Å². The van der Waals surface area contributed by atoms with Crippen molar-refractivity contribution in [2.75, 3.05) is 24.1 Å². The summed E-state index contributed by atoms with van der Waals surface area (Å²) in [6, 6.07) is 14.7. The molecule has 0 aliphatic heterocycles. The van der Waals surface area contributed by atoms with Gasteiger partial charge in [-0.3, -0.25) is 4.79 Å². The van der Waals surface area contributed by atoms with Crippen molar-refractivity contribution >= 4 is 21.9 Å². The molecule has 0 saturated carbocycles. The van der Waals surface area contributed by atoms with Gasteiger partial charge in [-0.25, -0.2) is 13.1 Å². The van der Waals surface area contributed by atoms with Gasteiger partial charge in [-0.05, 0) is 42.0 Å². The van der Waals surface area contributed by atoms with Crippen LogP contribution < -0.4 is 20.1 Å². The number of sulfonamides is 1. The number of oxazole rings is 1. The van der Waals surface area contributed by atoms with Crippen LogP contribution in [-0.4, -0.2) is 56.0 Å². The van der Waals surface area contributed by atoms with Gasteiger partial charge in [0.05, 0.1) is 25.0 Å². The van der Waals surface area contributed by atoms with E-state index in [1.54, 1.807) is 0 Å². The fraction of sp³-hybridized carbons (Fsp3) is 0.429. The molecule has 0 saturated heterocycles. The second kappa shape index (κ2) is 14.7. The zero-order valence-electron chi connectivity index (χ0n) is 22.6. The van der Waals surface area contributed by atoms with Gasteiger partial charge in [0, 0.05) is 13.1 Å². The molecule has 3 rings (SSSR count). The maximum Gasteiger partial charge on any atom is 0.309 e. The van der Waals surface area contributed by atoms with Gasteiger partial charge in [-0.1, -0.05) is 62.7 Å². The molecule has 4 N–H and O–H groups in total. The summed E-state index contributed by atoms with van der Waals surface area (Å²) in [6.45, 7) is 5.54. The Kier molecular flexibility index (Phi) is 11.3. The molecule has 0 bridgehead atoms. The summed E-state index contributed by atoms with van der Waals surface area (Å²) in [4.78, 5) is 16.9. The normalized spacial score (nSPS) is 13.0. The summed E-state index contributed by atoms with van der Waals surface area (Å²) in [7, 11) is -3.62. The summed E-state index contributed by atoms with van der Waals surface area (Å²) in [5.41, 5.74) is 3.06. The first-order valence-corrected chi connectivity index (χ1v) is 15.0. The number of anilines is 1. The van der Waals surface area contributed by atoms with Crippen LogP contribution >= 0.6 is 0 Å². The highest BCUT2D eigenvalue weighted by Gasteiger charge is 2.25. The third kappa shape index (κ3) is 10.0. The first kappa shape index (κ1) is 30.1. The lowest BCUT2D eigenvalue weighted by Crippen LogP contribution is -2.48. The van der Waals surface area contributed by atoms with E-state index in [9.17, 15) is 18.3 Å². The van der Waals surface area contributed by atoms with E-state index in [0.29, 0.717) is 25.3 Å². The Morgan fingerprint density at radius 2 is 1.90 bits per heavy atom. The van der Waals surface area contributed by atoms with Gasteiger partial charge in [0.25, 0.3) is 5.91 Å². The fourth-order valence-corrected chi connectivity index (χ4v) is 4.36. The van der Waals surface area contributed by atoms with Gasteiger partial charge < -0.3 is 24.9 Å². The Morgan fingerprint density at radius 3 is 2.64 bits per heavy atom. The second-order valence-corrected chi connectivity index (χ2v) is 11.1. The van der Waals surface area contributed by atoms with Crippen molar-refractivity contribution in [2.45, 2.75) is 58.2 Å². The van der Waals surface area contributed by atoms with Crippen LogP contribution in [0.15, 0.2) is 59.2 Å². The molecule has 0 aliphatic carbocycles. The third-order valence-electron chi connectivity index (χ3n) is 6.04. The Hall–Kier alpha value is -3.41. The van der Waals surface area contributed by atoms with E-state index in [2.05, 4.69) is 46.3 Å². The number of nitrogens with one attached hydrogen (secondary N) is 3. The highest BCUT2D eigenvalue weighted by Crippen LogP contribution is 2.21. The molecule has 11 heteroatoms. The summed E-state index contributed by atoms with van der Waals surface area (Å²) >= 11 is 0. The second-order valence-electron chi connectivity index (χ2n) is 9.38. The van der Waals surface area contributed by atoms with E-state index in [0.717, 1.165) is 42.9 Å². The number of benzene rings is 2. The number of amides is 1. The van der Waals surface area contributed by atoms with Gasteiger partial charge in [-0.2, -0.15) is 4.98 Å². The Morgan fingerprint density at radius 1 is 1.13 bits per heavy atom. The molecule has 1 amide bonds. The van der Waals surface area contributed by atoms with Crippen LogP contribution in [0.5, 0.6) is 5.75 Å². The standard InChI is InChI=1S/C28H38N4O6S/c1-4-6-14-37-26-13-8-7-12-22(26)16-23(25(33)18-29-17-21-11-9-10-20(5-2)15-21)30-27(34)24-19-38-28(31-24)32-39(3,35)36/h7-13,15,19,23,25,29,33H,4-6,14,16-18H2,1-3H3,(H,30,34)(H,31,32)/t23-,25-/m0/s1. The largest absolute Gasteiger partial charge is 0.493 e. The molecular weight excluding hydrogens is 520 g/mol. The lowest BCUT2D eigenvalue weighted by atomic mass is 9.99. The summed E-state index contributed by atoms with van der Waals surface area (Å²) < 4.78 is 36.0. The molecule has 0 fully saturated rings. The molecule has 0 unspecified atom stereocenters. The van der Waals surface area contributed by atoms with Crippen LogP contribution in [0.3, 0.4) is 0 Å². The number of unbranched alkanes of at least 4 members (excludes halogenated alkanes) is 1. The summed E-state index contributed by atoms with van der Waals surface area (Å²) in [6.07, 6.45) is 4.22. The number of hydrogen-bond acceptors (Lipinski definition) is 8. The molecule has 2 aromatic carbocycles. The van der Waals surface area contributed by atoms with Crippen molar-refractivity contribution in [1.29, 1.82) is 0 Å². The maximum absolute atomic E-state index is 13.0. The van der Waals surface area contributed by atoms with Gasteiger partial charge in [-0.15, -0.1) is 0 Å². The lowest BCUT2D eigenvalue weighted by molar-refractivity contribution is 0.0824. The van der Waals surface area contributed by atoms with Crippen LogP contribution in [-0.2, 0) is 29.4 Å². The molecule has 1 heterocycles. The quantitative estimate of drug-likeness (QED) is 0.196. The average molecular weight is 559 g/mol. The number of hydrogen-bond donors (Lipinski definition) is 4. The van der Waals surface area contributed by atoms with Crippen LogP contribution in [0, 0.1) is 0 Å². The molecule has 10 nitrogen and oxygen atoms in total. The van der Waals surface area contributed by atoms with Crippen molar-refractivity contribution in [1.82, 2.24) is 15.6 Å². The van der Waals surface area contributed by atoms with E-state index >= 15 is 0 Å². The molecule has 212 valence electrons. The van der Waals surface area contributed by atoms with Crippen LogP contribution in [0.2, 0.25) is 0 Å². The Balaban J connectivity index is 1.74. The number of para-hydroxylation sites is 1. The zero-order valence-corrected chi connectivity index (χ0v) is 23.5. The van der Waals surface area contributed by atoms with Crippen molar-refractivity contribution in [3.05, 3.63) is 77.2 Å². The smallest absolute Gasteiger partial charge is 0.309 e. The molecule has 3 aromatic rings. The molecule has 0 aliphatic rings. The topological polar surface area (TPSA) is 143 Å². The van der Waals surface area contributed by atoms with Crippen molar-refractivity contribution < 1.29 is 27.5 Å². The van der Waals surface area contributed by atoms with E-state index in [4.69, 9.17) is 9.15 Å². The fourth-order valence-electron chi connectivity index (χ4n) is 3.95. The number of ether oxygens (including phenoxy) is 1. The SMILES string of the molecule is CCCCOc1ccccc1C[C@H](NC(=O)c1coc(NS(C)(=O)=O)n1)[C@@H](O)CNCc1cccc(CC)c1. The molecule has 2 atom stereocenters. The third-order valence-corrected chi connectivity index (χ3v) is 6.59. The Bertz CT molecular complexity index is 1310. The molecule has 1 aromatic heterocycles. The number of carbonyl (C=O) groups is 1. The predicted molar refractivity (Wildman–Crippen MR) is 150 cm³/mol. The minimum absolute atomic E-state index is 0.116. The first-order valence-electron chi connectivity index (χ1n) is 13.1. The number of aromatic nitrogens is 1. The monoisotopic (exact) mass is 558 g/mol. The van der Waals surface area contributed by atoms with Crippen LogP contribution in [0.25, 0.3) is 0 Å². The predicted octanol–water partition coefficient (Wildman–Crippen LogP) is 3.28. The Labute approximate surface area is 230 Å². The summed E-state index contributed by atoms with van der Waals surface area (Å²) in [5.74, 6) is 0.0900. The van der Waals surface area contributed by atoms with Crippen molar-refractivity contribution in [2.24, 2.45) is 0 Å². The van der Waals surface area contributed by atoms with Crippen LogP contribution in [0.1, 0.15) is 53.9 Å². The van der Waals surface area contributed by atoms with Crippen molar-refractivity contribution in [3.63, 3.8) is 0 Å². The lowest BCUT2D eigenvalue weighted by Gasteiger charge is -2.25. The average Bonchev–Trinajstić information content (AvgIpc) is 3.36. The summed E-state index contributed by atoms with van der Waals surface area (Å²) in [5, 5.41) is 17.3. The minimum atomic E-state index is -3.62. The number of aryl methyl sites for hydroxylation is 1. The highest BCUT2D eigenvalue weighted by atomic mass is 32.2. The van der Waals surface area contributed by atoms with Crippen LogP contribution in [0.4, 0.5) is 6.01 Å². The molecule has 0 spiro atoms. The molecular formula is C28H38N4O6S. The number of aliphatic hydroxyl groups excluding tert-OH is 1. The maximum atomic E-state index is 13.0. The molecule has 0 radical (unpaired) electrons. The zero-order chi connectivity index (χ0) is 28.3. The van der Waals surface area contributed by atoms with Gasteiger partial charge >= 0.3 is 6.01 Å². The van der Waals surface area contributed by atoms with Crippen molar-refractivity contribution in [3.8, 4) is 5.75 Å². The van der Waals surface area contributed by atoms with E-state index in [1.807, 2.05) is 36.4 Å². The highest BCUT2D eigenvalue weighted by molar-refractivity contribution is 7.91. The van der Waals surface area contributed by atoms with E-state index in [1.165, 1.54) is 5.56 Å². The molecule has 39 heavy (non-hydrogen) atoms. The van der Waals surface area contributed by atoms with Gasteiger partial charge in [0.2, 0.25) is 10.0 Å². The number of rotatable bonds is 16.